The summed E-state index contributed by atoms with van der Waals surface area (Å²) < 4.78 is 4.15. The SMILES string of the molecule is N#COCCC=O. The van der Waals surface area contributed by atoms with Crippen LogP contribution in [0.4, 0.5) is 0 Å². The van der Waals surface area contributed by atoms with Crippen LogP contribution < -0.4 is 0 Å². The van der Waals surface area contributed by atoms with Gasteiger partial charge in [-0.15, -0.1) is 0 Å². The van der Waals surface area contributed by atoms with Crippen LogP contribution in [0.2, 0.25) is 0 Å². The van der Waals surface area contributed by atoms with Crippen LogP contribution in [0.25, 0.3) is 0 Å². The van der Waals surface area contributed by atoms with Gasteiger partial charge in [-0.05, 0) is 0 Å². The van der Waals surface area contributed by atoms with E-state index in [2.05, 4.69) is 4.74 Å². The largest absolute Gasteiger partial charge is 0.427 e. The summed E-state index contributed by atoms with van der Waals surface area (Å²) in [5, 5.41) is 7.70. The molecule has 0 rings (SSSR count). The zero-order chi connectivity index (χ0) is 5.54. The Bertz CT molecular complexity index is 84.2. The third-order valence-electron chi connectivity index (χ3n) is 0.402. The van der Waals surface area contributed by atoms with Gasteiger partial charge in [0.05, 0.1) is 0 Å². The topological polar surface area (TPSA) is 50.1 Å². The minimum Gasteiger partial charge on any atom is -0.427 e. The molecule has 0 aromatic heterocycles. The van der Waals surface area contributed by atoms with Crippen molar-refractivity contribution in [1.82, 2.24) is 0 Å². The Labute approximate surface area is 41.5 Å². The number of hydrogen-bond acceptors (Lipinski definition) is 3. The first-order valence-corrected chi connectivity index (χ1v) is 1.86. The monoisotopic (exact) mass is 99.0 g/mol. The first-order valence-electron chi connectivity index (χ1n) is 1.86. The van der Waals surface area contributed by atoms with Crippen molar-refractivity contribution in [3.63, 3.8) is 0 Å². The first-order chi connectivity index (χ1) is 3.41. The Morgan fingerprint density at radius 3 is 3.00 bits per heavy atom. The number of aldehydes is 1. The molecular weight excluding hydrogens is 94.0 g/mol. The van der Waals surface area contributed by atoms with E-state index in [1.165, 1.54) is 6.26 Å². The Hall–Kier alpha value is -1.04. The lowest BCUT2D eigenvalue weighted by Crippen LogP contribution is -1.86. The highest BCUT2D eigenvalue weighted by atomic mass is 16.5. The fourth-order valence-electron chi connectivity index (χ4n) is 0.153. The Morgan fingerprint density at radius 2 is 2.57 bits per heavy atom. The second-order valence-electron chi connectivity index (χ2n) is 0.895. The van der Waals surface area contributed by atoms with E-state index in [1.54, 1.807) is 0 Å². The third-order valence-corrected chi connectivity index (χ3v) is 0.402. The lowest BCUT2D eigenvalue weighted by Gasteiger charge is -1.83. The molecule has 3 nitrogen and oxygen atoms in total. The van der Waals surface area contributed by atoms with Gasteiger partial charge in [-0.3, -0.25) is 0 Å². The van der Waals surface area contributed by atoms with Crippen LogP contribution in [0.1, 0.15) is 6.42 Å². The second-order valence-corrected chi connectivity index (χ2v) is 0.895. The molecule has 0 N–H and O–H groups in total. The number of nitriles is 1. The highest BCUT2D eigenvalue weighted by Gasteiger charge is 1.78. The molecule has 3 heteroatoms. The Morgan fingerprint density at radius 1 is 1.86 bits per heavy atom. The van der Waals surface area contributed by atoms with E-state index in [1.807, 2.05) is 0 Å². The number of nitrogens with zero attached hydrogens (tertiary/aromatic N) is 1. The van der Waals surface area contributed by atoms with E-state index in [0.29, 0.717) is 12.7 Å². The molecule has 0 saturated carbocycles. The van der Waals surface area contributed by atoms with Gasteiger partial charge in [-0.1, -0.05) is 0 Å². The highest BCUT2D eigenvalue weighted by molar-refractivity contribution is 5.49. The summed E-state index contributed by atoms with van der Waals surface area (Å²) in [6.07, 6.45) is 2.45. The average Bonchev–Trinajstić information content (AvgIpc) is 1.69. The van der Waals surface area contributed by atoms with Gasteiger partial charge < -0.3 is 9.53 Å². The maximum absolute atomic E-state index is 9.49. The average molecular weight is 99.1 g/mol. The van der Waals surface area contributed by atoms with Gasteiger partial charge in [-0.2, -0.15) is 5.26 Å². The summed E-state index contributed by atoms with van der Waals surface area (Å²) in [7, 11) is 0. The lowest BCUT2D eigenvalue weighted by atomic mass is 10.5. The Kier molecular flexibility index (Phi) is 4.22. The fourth-order valence-corrected chi connectivity index (χ4v) is 0.153. The van der Waals surface area contributed by atoms with Crippen molar-refractivity contribution in [2.24, 2.45) is 0 Å². The van der Waals surface area contributed by atoms with Crippen LogP contribution >= 0.6 is 0 Å². The van der Waals surface area contributed by atoms with E-state index in [4.69, 9.17) is 5.26 Å². The standard InChI is InChI=1S/C4H5NO2/c5-4-7-3-1-2-6/h2H,1,3H2. The fraction of sp³-hybridized carbons (Fsp3) is 0.500. The molecule has 0 amide bonds. The van der Waals surface area contributed by atoms with Crippen LogP contribution in [-0.4, -0.2) is 12.9 Å². The van der Waals surface area contributed by atoms with Crippen molar-refractivity contribution < 1.29 is 9.53 Å². The van der Waals surface area contributed by atoms with E-state index < -0.39 is 0 Å². The van der Waals surface area contributed by atoms with Crippen molar-refractivity contribution >= 4 is 6.29 Å². The molecule has 38 valence electrons. The van der Waals surface area contributed by atoms with Gasteiger partial charge in [0.1, 0.15) is 12.9 Å². The van der Waals surface area contributed by atoms with Crippen LogP contribution in [0, 0.1) is 11.5 Å². The second kappa shape index (κ2) is 4.96. The molecule has 0 aliphatic rings. The molecule has 0 unspecified atom stereocenters. The molecular formula is C4H5NO2. The number of carbonyl (C=O) groups excluding carboxylic acids is 1. The van der Waals surface area contributed by atoms with Gasteiger partial charge in [-0.25, -0.2) is 0 Å². The lowest BCUT2D eigenvalue weighted by molar-refractivity contribution is -0.108. The van der Waals surface area contributed by atoms with Crippen LogP contribution in [0.5, 0.6) is 0 Å². The van der Waals surface area contributed by atoms with Gasteiger partial charge in [0, 0.05) is 6.42 Å². The third kappa shape index (κ3) is 4.96. The molecule has 0 aromatic rings. The molecule has 0 saturated heterocycles. The molecule has 0 heterocycles. The van der Waals surface area contributed by atoms with Gasteiger partial charge in [0.15, 0.2) is 0 Å². The van der Waals surface area contributed by atoms with Crippen molar-refractivity contribution in [2.45, 2.75) is 6.42 Å². The van der Waals surface area contributed by atoms with Gasteiger partial charge in [0.25, 0.3) is 6.26 Å². The van der Waals surface area contributed by atoms with Crippen molar-refractivity contribution in [1.29, 1.82) is 5.26 Å². The van der Waals surface area contributed by atoms with E-state index in [-0.39, 0.29) is 6.61 Å². The predicted octanol–water partition coefficient (Wildman–Crippen LogP) is 0.0731. The molecule has 0 spiro atoms. The van der Waals surface area contributed by atoms with E-state index in [0.717, 1.165) is 0 Å². The minimum absolute atomic E-state index is 0.208. The molecule has 0 aliphatic carbocycles. The highest BCUT2D eigenvalue weighted by Crippen LogP contribution is 1.71. The van der Waals surface area contributed by atoms with Crippen LogP contribution in [0.3, 0.4) is 0 Å². The summed E-state index contributed by atoms with van der Waals surface area (Å²) >= 11 is 0. The summed E-state index contributed by atoms with van der Waals surface area (Å²) in [4.78, 5) is 9.49. The molecule has 0 bridgehead atoms. The van der Waals surface area contributed by atoms with Crippen molar-refractivity contribution in [3.05, 3.63) is 0 Å². The summed E-state index contributed by atoms with van der Waals surface area (Å²) in [6.45, 7) is 0.208. The van der Waals surface area contributed by atoms with Crippen LogP contribution in [-0.2, 0) is 9.53 Å². The number of rotatable bonds is 3. The smallest absolute Gasteiger partial charge is 0.286 e. The first kappa shape index (κ1) is 5.96. The number of carbonyl (C=O) groups is 1. The minimum atomic E-state index is 0.208. The van der Waals surface area contributed by atoms with Gasteiger partial charge in [0.2, 0.25) is 0 Å². The number of ether oxygens (including phenoxy) is 1. The zero-order valence-corrected chi connectivity index (χ0v) is 3.76. The van der Waals surface area contributed by atoms with Crippen LogP contribution in [0.15, 0.2) is 0 Å². The zero-order valence-electron chi connectivity index (χ0n) is 3.76. The Balaban J connectivity index is 2.72. The molecule has 0 radical (unpaired) electrons. The molecule has 7 heavy (non-hydrogen) atoms. The molecule has 0 fully saturated rings. The number of hydrogen-bond donors (Lipinski definition) is 0. The summed E-state index contributed by atoms with van der Waals surface area (Å²) in [5.74, 6) is 0. The van der Waals surface area contributed by atoms with E-state index >= 15 is 0 Å². The quantitative estimate of drug-likeness (QED) is 0.286. The normalized spacial score (nSPS) is 6.71. The maximum Gasteiger partial charge on any atom is 0.286 e. The summed E-state index contributed by atoms with van der Waals surface area (Å²) in [5.41, 5.74) is 0. The predicted molar refractivity (Wildman–Crippen MR) is 22.2 cm³/mol. The summed E-state index contributed by atoms with van der Waals surface area (Å²) in [6, 6.07) is 0. The van der Waals surface area contributed by atoms with E-state index in [9.17, 15) is 4.79 Å². The maximum atomic E-state index is 9.49. The molecule has 0 aliphatic heterocycles. The van der Waals surface area contributed by atoms with Gasteiger partial charge >= 0.3 is 0 Å². The molecule has 0 aromatic carbocycles. The molecule has 0 atom stereocenters. The van der Waals surface area contributed by atoms with Crippen molar-refractivity contribution in [2.75, 3.05) is 6.61 Å². The van der Waals surface area contributed by atoms with Crippen molar-refractivity contribution in [3.8, 4) is 6.26 Å².